The van der Waals surface area contributed by atoms with Gasteiger partial charge in [-0.1, -0.05) is 23.7 Å². The quantitative estimate of drug-likeness (QED) is 0.158. The molecule has 3 aromatic carbocycles. The summed E-state index contributed by atoms with van der Waals surface area (Å²) in [5.41, 5.74) is 0.946. The molecule has 0 radical (unpaired) electrons. The monoisotopic (exact) mass is 496 g/mol. The maximum Gasteiger partial charge on any atom is 0.330 e. The number of thiophene rings is 1. The summed E-state index contributed by atoms with van der Waals surface area (Å²) in [6.07, 6.45) is 2.94. The molecule has 0 spiro atoms. The van der Waals surface area contributed by atoms with E-state index in [9.17, 15) is 14.0 Å². The topological polar surface area (TPSA) is 61.8 Å². The van der Waals surface area contributed by atoms with Crippen LogP contribution in [0.15, 0.2) is 66.7 Å². The Morgan fingerprint density at radius 2 is 1.71 bits per heavy atom. The van der Waals surface area contributed by atoms with E-state index >= 15 is 0 Å². The van der Waals surface area contributed by atoms with Crippen LogP contribution in [0.3, 0.4) is 0 Å². The number of rotatable bonds is 7. The van der Waals surface area contributed by atoms with Crippen LogP contribution in [-0.4, -0.2) is 26.0 Å². The molecule has 0 fully saturated rings. The molecule has 1 heterocycles. The van der Waals surface area contributed by atoms with Gasteiger partial charge in [0.05, 0.1) is 19.2 Å². The van der Waals surface area contributed by atoms with Crippen molar-refractivity contribution < 1.29 is 28.2 Å². The minimum Gasteiger partial charge on any atom is -0.497 e. The summed E-state index contributed by atoms with van der Waals surface area (Å²) in [4.78, 5) is 25.0. The maximum atomic E-state index is 13.5. The first-order valence-corrected chi connectivity index (χ1v) is 11.2. The first-order valence-electron chi connectivity index (χ1n) is 10.0. The molecule has 0 aliphatic heterocycles. The minimum atomic E-state index is -0.527. The van der Waals surface area contributed by atoms with Gasteiger partial charge in [0.15, 0.2) is 5.75 Å². The van der Waals surface area contributed by atoms with E-state index in [0.717, 1.165) is 21.7 Å². The van der Waals surface area contributed by atoms with Gasteiger partial charge in [-0.3, -0.25) is 4.79 Å². The van der Waals surface area contributed by atoms with Crippen LogP contribution in [0.25, 0.3) is 16.2 Å². The summed E-state index contributed by atoms with van der Waals surface area (Å²) < 4.78 is 30.4. The predicted molar refractivity (Wildman–Crippen MR) is 131 cm³/mol. The number of halogens is 2. The molecule has 0 atom stereocenters. The van der Waals surface area contributed by atoms with E-state index in [-0.39, 0.29) is 16.4 Å². The summed E-state index contributed by atoms with van der Waals surface area (Å²) in [7, 11) is 2.87. The number of esters is 1. The molecule has 0 aliphatic carbocycles. The number of carbonyl (C=O) groups excluding carboxylic acids is 2. The summed E-state index contributed by atoms with van der Waals surface area (Å²) in [5, 5.41) is 0.745. The Morgan fingerprint density at radius 1 is 0.971 bits per heavy atom. The van der Waals surface area contributed by atoms with Crippen LogP contribution in [0.1, 0.15) is 20.8 Å². The molecule has 8 heteroatoms. The van der Waals surface area contributed by atoms with Gasteiger partial charge in [-0.05, 0) is 60.2 Å². The SMILES string of the molecule is COC(=O)/C=C/c1ccc(Oc2c(C(=O)c3ccc(F)cc3Cl)sc3cc(OC)ccc23)cc1. The molecule has 0 saturated heterocycles. The van der Waals surface area contributed by atoms with Gasteiger partial charge in [0.1, 0.15) is 22.2 Å². The van der Waals surface area contributed by atoms with Crippen molar-refractivity contribution in [3.63, 3.8) is 0 Å². The Hall–Kier alpha value is -3.68. The van der Waals surface area contributed by atoms with Crippen molar-refractivity contribution in [2.75, 3.05) is 14.2 Å². The van der Waals surface area contributed by atoms with Gasteiger partial charge < -0.3 is 14.2 Å². The van der Waals surface area contributed by atoms with Crippen molar-refractivity contribution >= 4 is 50.9 Å². The Morgan fingerprint density at radius 3 is 2.38 bits per heavy atom. The van der Waals surface area contributed by atoms with Gasteiger partial charge in [0.2, 0.25) is 5.78 Å². The number of hydrogen-bond donors (Lipinski definition) is 0. The van der Waals surface area contributed by atoms with Crippen LogP contribution in [0, 0.1) is 5.82 Å². The van der Waals surface area contributed by atoms with E-state index in [1.165, 1.54) is 36.7 Å². The van der Waals surface area contributed by atoms with Gasteiger partial charge in [-0.25, -0.2) is 9.18 Å². The molecular formula is C26H18ClFO5S. The highest BCUT2D eigenvalue weighted by Crippen LogP contribution is 2.43. The molecule has 34 heavy (non-hydrogen) atoms. The second-order valence-corrected chi connectivity index (χ2v) is 8.56. The molecule has 0 bridgehead atoms. The molecule has 0 aliphatic rings. The molecule has 0 saturated carbocycles. The molecule has 0 unspecified atom stereocenters. The molecule has 0 amide bonds. The lowest BCUT2D eigenvalue weighted by Crippen LogP contribution is -2.02. The summed E-state index contributed by atoms with van der Waals surface area (Å²) in [5.74, 6) is 0.137. The fourth-order valence-corrected chi connectivity index (χ4v) is 4.59. The largest absolute Gasteiger partial charge is 0.497 e. The highest BCUT2D eigenvalue weighted by atomic mass is 35.5. The second kappa shape index (κ2) is 10.1. The normalized spacial score (nSPS) is 11.1. The summed E-state index contributed by atoms with van der Waals surface area (Å²) >= 11 is 7.39. The Balaban J connectivity index is 1.74. The van der Waals surface area contributed by atoms with Crippen molar-refractivity contribution in [2.45, 2.75) is 0 Å². The minimum absolute atomic E-state index is 0.0210. The molecule has 0 N–H and O–H groups in total. The maximum absolute atomic E-state index is 13.5. The molecule has 4 aromatic rings. The zero-order chi connectivity index (χ0) is 24.2. The van der Waals surface area contributed by atoms with Crippen molar-refractivity contribution in [1.82, 2.24) is 0 Å². The second-order valence-electron chi connectivity index (χ2n) is 7.10. The van der Waals surface area contributed by atoms with E-state index in [4.69, 9.17) is 21.1 Å². The number of fused-ring (bicyclic) bond motifs is 1. The van der Waals surface area contributed by atoms with Crippen molar-refractivity contribution in [1.29, 1.82) is 0 Å². The van der Waals surface area contributed by atoms with Crippen LogP contribution < -0.4 is 9.47 Å². The summed E-state index contributed by atoms with van der Waals surface area (Å²) in [6.45, 7) is 0. The van der Waals surface area contributed by atoms with Gasteiger partial charge in [-0.15, -0.1) is 11.3 Å². The Kier molecular flexibility index (Phi) is 6.95. The van der Waals surface area contributed by atoms with Gasteiger partial charge in [0.25, 0.3) is 0 Å². The molecule has 172 valence electrons. The predicted octanol–water partition coefficient (Wildman–Crippen LogP) is 6.91. The first kappa shape index (κ1) is 23.5. The fourth-order valence-electron chi connectivity index (χ4n) is 3.22. The Labute approximate surface area is 204 Å². The number of methoxy groups -OCH3 is 2. The number of ether oxygens (including phenoxy) is 3. The number of carbonyl (C=O) groups is 2. The van der Waals surface area contributed by atoms with Crippen LogP contribution in [0.2, 0.25) is 5.02 Å². The Bertz CT molecular complexity index is 1410. The van der Waals surface area contributed by atoms with Crippen molar-refractivity contribution in [3.8, 4) is 17.2 Å². The first-order chi connectivity index (χ1) is 16.4. The lowest BCUT2D eigenvalue weighted by atomic mass is 10.1. The molecule has 4 rings (SSSR count). The fraction of sp³-hybridized carbons (Fsp3) is 0.0769. The zero-order valence-electron chi connectivity index (χ0n) is 18.1. The van der Waals surface area contributed by atoms with E-state index in [1.54, 1.807) is 43.5 Å². The smallest absolute Gasteiger partial charge is 0.330 e. The summed E-state index contributed by atoms with van der Waals surface area (Å²) in [6, 6.07) is 16.1. The average Bonchev–Trinajstić information content (AvgIpc) is 3.20. The standard InChI is InChI=1S/C26H18ClFO5S/c1-31-18-9-11-20-22(14-18)34-26(24(30)19-10-6-16(28)13-21(19)27)25(20)33-17-7-3-15(4-8-17)5-12-23(29)32-2/h3-14H,1-2H3/b12-5+. The highest BCUT2D eigenvalue weighted by Gasteiger charge is 2.24. The van der Waals surface area contributed by atoms with Crippen LogP contribution in [0.4, 0.5) is 4.39 Å². The third-order valence-electron chi connectivity index (χ3n) is 4.95. The number of ketones is 1. The van der Waals surface area contributed by atoms with Crippen molar-refractivity contribution in [3.05, 3.63) is 93.6 Å². The number of hydrogen-bond acceptors (Lipinski definition) is 6. The molecule has 1 aromatic heterocycles. The van der Waals surface area contributed by atoms with Crippen LogP contribution in [-0.2, 0) is 9.53 Å². The third kappa shape index (κ3) is 4.95. The molecule has 5 nitrogen and oxygen atoms in total. The van der Waals surface area contributed by atoms with Crippen LogP contribution >= 0.6 is 22.9 Å². The van der Waals surface area contributed by atoms with E-state index in [0.29, 0.717) is 22.1 Å². The highest BCUT2D eigenvalue weighted by molar-refractivity contribution is 7.21. The van der Waals surface area contributed by atoms with E-state index < -0.39 is 11.8 Å². The lowest BCUT2D eigenvalue weighted by molar-refractivity contribution is -0.134. The van der Waals surface area contributed by atoms with Crippen molar-refractivity contribution in [2.24, 2.45) is 0 Å². The third-order valence-corrected chi connectivity index (χ3v) is 6.39. The number of benzene rings is 3. The molecular weight excluding hydrogens is 479 g/mol. The van der Waals surface area contributed by atoms with E-state index in [1.807, 2.05) is 12.1 Å². The van der Waals surface area contributed by atoms with Gasteiger partial charge in [-0.2, -0.15) is 0 Å². The van der Waals surface area contributed by atoms with E-state index in [2.05, 4.69) is 4.74 Å². The van der Waals surface area contributed by atoms with Gasteiger partial charge in [0, 0.05) is 21.7 Å². The average molecular weight is 497 g/mol. The lowest BCUT2D eigenvalue weighted by Gasteiger charge is -2.09. The zero-order valence-corrected chi connectivity index (χ0v) is 19.7. The van der Waals surface area contributed by atoms with Crippen LogP contribution in [0.5, 0.6) is 17.2 Å². The van der Waals surface area contributed by atoms with Gasteiger partial charge >= 0.3 is 5.97 Å².